The number of aromatic nitrogens is 1. The summed E-state index contributed by atoms with van der Waals surface area (Å²) < 4.78 is 4.77. The average Bonchev–Trinajstić information content (AvgIpc) is 2.34. The van der Waals surface area contributed by atoms with Gasteiger partial charge in [-0.15, -0.1) is 11.3 Å². The van der Waals surface area contributed by atoms with Gasteiger partial charge in [-0.1, -0.05) is 0 Å². The van der Waals surface area contributed by atoms with Crippen LogP contribution in [0.25, 0.3) is 0 Å². The van der Waals surface area contributed by atoms with Crippen LogP contribution in [-0.2, 0) is 4.74 Å². The van der Waals surface area contributed by atoms with E-state index in [2.05, 4.69) is 10.3 Å². The van der Waals surface area contributed by atoms with Gasteiger partial charge in [-0.05, 0) is 0 Å². The van der Waals surface area contributed by atoms with E-state index in [1.54, 1.807) is 24.6 Å². The van der Waals surface area contributed by atoms with Crippen molar-refractivity contribution in [1.29, 1.82) is 0 Å². The van der Waals surface area contributed by atoms with E-state index < -0.39 is 0 Å². The summed E-state index contributed by atoms with van der Waals surface area (Å²) in [6, 6.07) is 0. The summed E-state index contributed by atoms with van der Waals surface area (Å²) in [5, 5.41) is 5.77. The van der Waals surface area contributed by atoms with Crippen LogP contribution in [0.2, 0.25) is 0 Å². The van der Waals surface area contributed by atoms with Crippen molar-refractivity contribution >= 4 is 16.5 Å². The second kappa shape index (κ2) is 3.42. The van der Waals surface area contributed by atoms with E-state index in [0.717, 1.165) is 5.13 Å². The molecular formula is C5H8N2OS. The number of thiazole rings is 1. The first kappa shape index (κ1) is 6.51. The topological polar surface area (TPSA) is 34.1 Å². The van der Waals surface area contributed by atoms with E-state index in [1.165, 1.54) is 0 Å². The number of ether oxygens (including phenoxy) is 1. The van der Waals surface area contributed by atoms with Gasteiger partial charge in [-0.3, -0.25) is 0 Å². The Morgan fingerprint density at radius 3 is 3.33 bits per heavy atom. The Kier molecular flexibility index (Phi) is 2.48. The fourth-order valence-electron chi connectivity index (χ4n) is 0.445. The fourth-order valence-corrected chi connectivity index (χ4v) is 0.959. The van der Waals surface area contributed by atoms with Gasteiger partial charge in [-0.2, -0.15) is 0 Å². The molecule has 0 fully saturated rings. The first-order valence-electron chi connectivity index (χ1n) is 2.56. The lowest BCUT2D eigenvalue weighted by Gasteiger charge is -1.96. The van der Waals surface area contributed by atoms with Crippen molar-refractivity contribution < 1.29 is 4.74 Å². The zero-order chi connectivity index (χ0) is 6.53. The molecule has 0 unspecified atom stereocenters. The standard InChI is InChI=1S/C5H8N2OS/c1-8-4-7-5-6-2-3-9-5/h2-3H,4H2,1H3,(H,6,7). The van der Waals surface area contributed by atoms with Gasteiger partial charge in [0.1, 0.15) is 6.73 Å². The van der Waals surface area contributed by atoms with Gasteiger partial charge >= 0.3 is 0 Å². The number of methoxy groups -OCH3 is 1. The molecule has 1 N–H and O–H groups in total. The minimum Gasteiger partial charge on any atom is -0.365 e. The summed E-state index contributed by atoms with van der Waals surface area (Å²) in [6.45, 7) is 0.521. The SMILES string of the molecule is COCNc1nccs1. The zero-order valence-electron chi connectivity index (χ0n) is 5.13. The van der Waals surface area contributed by atoms with Crippen molar-refractivity contribution in [2.45, 2.75) is 0 Å². The molecule has 0 radical (unpaired) electrons. The zero-order valence-corrected chi connectivity index (χ0v) is 5.94. The van der Waals surface area contributed by atoms with E-state index in [4.69, 9.17) is 4.74 Å². The number of nitrogens with zero attached hydrogens (tertiary/aromatic N) is 1. The highest BCUT2D eigenvalue weighted by atomic mass is 32.1. The molecule has 1 rings (SSSR count). The molecule has 1 aromatic rings. The van der Waals surface area contributed by atoms with Crippen LogP contribution in [0, 0.1) is 0 Å². The Bertz CT molecular complexity index is 152. The van der Waals surface area contributed by atoms with Gasteiger partial charge in [0, 0.05) is 18.7 Å². The van der Waals surface area contributed by atoms with Gasteiger partial charge < -0.3 is 10.1 Å². The van der Waals surface area contributed by atoms with Crippen LogP contribution < -0.4 is 5.32 Å². The molecule has 0 atom stereocenters. The molecule has 4 heteroatoms. The van der Waals surface area contributed by atoms with Crippen LogP contribution in [-0.4, -0.2) is 18.8 Å². The summed E-state index contributed by atoms with van der Waals surface area (Å²) in [5.74, 6) is 0. The van der Waals surface area contributed by atoms with Crippen LogP contribution in [0.3, 0.4) is 0 Å². The molecule has 0 aliphatic carbocycles. The number of rotatable bonds is 3. The highest BCUT2D eigenvalue weighted by Crippen LogP contribution is 2.08. The minimum atomic E-state index is 0.521. The van der Waals surface area contributed by atoms with Gasteiger partial charge in [0.05, 0.1) is 0 Å². The highest BCUT2D eigenvalue weighted by molar-refractivity contribution is 7.13. The first-order chi connectivity index (χ1) is 4.43. The Morgan fingerprint density at radius 1 is 1.89 bits per heavy atom. The van der Waals surface area contributed by atoms with Gasteiger partial charge in [0.15, 0.2) is 5.13 Å². The Morgan fingerprint density at radius 2 is 2.78 bits per heavy atom. The monoisotopic (exact) mass is 144 g/mol. The molecule has 0 amide bonds. The predicted molar refractivity (Wildman–Crippen MR) is 37.6 cm³/mol. The summed E-state index contributed by atoms with van der Waals surface area (Å²) in [6.07, 6.45) is 1.75. The maximum Gasteiger partial charge on any atom is 0.184 e. The first-order valence-corrected chi connectivity index (χ1v) is 3.44. The molecular weight excluding hydrogens is 136 g/mol. The Balaban J connectivity index is 2.30. The van der Waals surface area contributed by atoms with Gasteiger partial charge in [0.25, 0.3) is 0 Å². The van der Waals surface area contributed by atoms with Gasteiger partial charge in [0.2, 0.25) is 0 Å². The summed E-state index contributed by atoms with van der Waals surface area (Å²) in [5.41, 5.74) is 0. The van der Waals surface area contributed by atoms with Crippen molar-refractivity contribution in [2.75, 3.05) is 19.2 Å². The predicted octanol–water partition coefficient (Wildman–Crippen LogP) is 1.16. The molecule has 0 aliphatic heterocycles. The Labute approximate surface area is 57.7 Å². The minimum absolute atomic E-state index is 0.521. The lowest BCUT2D eigenvalue weighted by atomic mass is 11.0. The van der Waals surface area contributed by atoms with Gasteiger partial charge in [-0.25, -0.2) is 4.98 Å². The normalized spacial score (nSPS) is 9.44. The lowest BCUT2D eigenvalue weighted by molar-refractivity contribution is 0.221. The van der Waals surface area contributed by atoms with E-state index in [-0.39, 0.29) is 0 Å². The van der Waals surface area contributed by atoms with Crippen molar-refractivity contribution in [3.63, 3.8) is 0 Å². The second-order valence-corrected chi connectivity index (χ2v) is 2.34. The molecule has 0 saturated heterocycles. The van der Waals surface area contributed by atoms with Crippen molar-refractivity contribution in [3.8, 4) is 0 Å². The quantitative estimate of drug-likeness (QED) is 0.646. The molecule has 1 heterocycles. The lowest BCUT2D eigenvalue weighted by Crippen LogP contribution is -2.01. The third-order valence-corrected chi connectivity index (χ3v) is 1.53. The molecule has 1 aromatic heterocycles. The summed E-state index contributed by atoms with van der Waals surface area (Å²) >= 11 is 1.56. The smallest absolute Gasteiger partial charge is 0.184 e. The highest BCUT2D eigenvalue weighted by Gasteiger charge is 1.88. The van der Waals surface area contributed by atoms with Crippen LogP contribution in [0.1, 0.15) is 0 Å². The fraction of sp³-hybridized carbons (Fsp3) is 0.400. The van der Waals surface area contributed by atoms with Crippen LogP contribution in [0.5, 0.6) is 0 Å². The molecule has 0 saturated carbocycles. The number of nitrogens with one attached hydrogen (secondary N) is 1. The largest absolute Gasteiger partial charge is 0.365 e. The Hall–Kier alpha value is -0.610. The van der Waals surface area contributed by atoms with Crippen LogP contribution in [0.15, 0.2) is 11.6 Å². The molecule has 50 valence electrons. The summed E-state index contributed by atoms with van der Waals surface area (Å²) in [7, 11) is 1.64. The molecule has 3 nitrogen and oxygen atoms in total. The van der Waals surface area contributed by atoms with Crippen LogP contribution >= 0.6 is 11.3 Å². The maximum absolute atomic E-state index is 4.77. The number of hydrogen-bond donors (Lipinski definition) is 1. The average molecular weight is 144 g/mol. The van der Waals surface area contributed by atoms with Crippen LogP contribution in [0.4, 0.5) is 5.13 Å². The molecule has 0 spiro atoms. The number of anilines is 1. The summed E-state index contributed by atoms with van der Waals surface area (Å²) in [4.78, 5) is 3.98. The molecule has 0 bridgehead atoms. The third-order valence-electron chi connectivity index (χ3n) is 0.800. The van der Waals surface area contributed by atoms with Crippen molar-refractivity contribution in [1.82, 2.24) is 4.98 Å². The third kappa shape index (κ3) is 1.99. The molecule has 9 heavy (non-hydrogen) atoms. The number of hydrogen-bond acceptors (Lipinski definition) is 4. The molecule has 0 aromatic carbocycles. The van der Waals surface area contributed by atoms with E-state index in [9.17, 15) is 0 Å². The maximum atomic E-state index is 4.77. The second-order valence-electron chi connectivity index (χ2n) is 1.45. The van der Waals surface area contributed by atoms with E-state index in [0.29, 0.717) is 6.73 Å². The van der Waals surface area contributed by atoms with E-state index >= 15 is 0 Å². The van der Waals surface area contributed by atoms with Crippen molar-refractivity contribution in [3.05, 3.63) is 11.6 Å². The van der Waals surface area contributed by atoms with E-state index in [1.807, 2.05) is 5.38 Å². The molecule has 0 aliphatic rings. The van der Waals surface area contributed by atoms with Crippen molar-refractivity contribution in [2.24, 2.45) is 0 Å².